The van der Waals surface area contributed by atoms with Gasteiger partial charge in [-0.3, -0.25) is 0 Å². The predicted octanol–water partition coefficient (Wildman–Crippen LogP) is 2.68. The standard InChI is InChI=1S/C12H25NOS/c1-4-7-13-11(5-2)9-15-12-6-8-14-10(12)3/h10-13H,4-9H2,1-3H3. The number of ether oxygens (including phenoxy) is 1. The van der Waals surface area contributed by atoms with Gasteiger partial charge in [0.1, 0.15) is 0 Å². The minimum absolute atomic E-state index is 0.457. The SMILES string of the molecule is CCCNC(CC)CSC1CCOC1C. The van der Waals surface area contributed by atoms with Gasteiger partial charge in [-0.2, -0.15) is 11.8 Å². The summed E-state index contributed by atoms with van der Waals surface area (Å²) in [6.07, 6.45) is 4.15. The van der Waals surface area contributed by atoms with E-state index in [9.17, 15) is 0 Å². The molecule has 0 aliphatic carbocycles. The quantitative estimate of drug-likeness (QED) is 0.728. The smallest absolute Gasteiger partial charge is 0.0666 e. The largest absolute Gasteiger partial charge is 0.377 e. The number of nitrogens with one attached hydrogen (secondary N) is 1. The molecule has 90 valence electrons. The van der Waals surface area contributed by atoms with Crippen LogP contribution in [0.2, 0.25) is 0 Å². The summed E-state index contributed by atoms with van der Waals surface area (Å²) in [6, 6.07) is 0.683. The van der Waals surface area contributed by atoms with Gasteiger partial charge in [-0.1, -0.05) is 13.8 Å². The third-order valence-electron chi connectivity index (χ3n) is 2.99. The molecular weight excluding hydrogens is 206 g/mol. The number of thioether (sulfide) groups is 1. The first-order valence-electron chi connectivity index (χ1n) is 6.24. The average molecular weight is 231 g/mol. The fourth-order valence-corrected chi connectivity index (χ4v) is 3.29. The van der Waals surface area contributed by atoms with Gasteiger partial charge in [-0.25, -0.2) is 0 Å². The zero-order valence-electron chi connectivity index (χ0n) is 10.3. The van der Waals surface area contributed by atoms with E-state index in [1.807, 2.05) is 0 Å². The van der Waals surface area contributed by atoms with Crippen molar-refractivity contribution >= 4 is 11.8 Å². The topological polar surface area (TPSA) is 21.3 Å². The van der Waals surface area contributed by atoms with Gasteiger partial charge in [-0.05, 0) is 32.7 Å². The van der Waals surface area contributed by atoms with Crippen LogP contribution in [0.15, 0.2) is 0 Å². The minimum atomic E-state index is 0.457. The van der Waals surface area contributed by atoms with Gasteiger partial charge in [0.15, 0.2) is 0 Å². The Bertz CT molecular complexity index is 166. The molecular formula is C12H25NOS. The molecule has 0 amide bonds. The Hall–Kier alpha value is 0.270. The highest BCUT2D eigenvalue weighted by molar-refractivity contribution is 8.00. The maximum Gasteiger partial charge on any atom is 0.0666 e. The van der Waals surface area contributed by atoms with Crippen molar-refractivity contribution in [2.24, 2.45) is 0 Å². The highest BCUT2D eigenvalue weighted by Crippen LogP contribution is 2.26. The van der Waals surface area contributed by atoms with E-state index >= 15 is 0 Å². The fraction of sp³-hybridized carbons (Fsp3) is 1.00. The van der Waals surface area contributed by atoms with Crippen LogP contribution in [0.5, 0.6) is 0 Å². The van der Waals surface area contributed by atoms with Crippen molar-refractivity contribution < 1.29 is 4.74 Å². The predicted molar refractivity (Wildman–Crippen MR) is 68.6 cm³/mol. The fourth-order valence-electron chi connectivity index (χ4n) is 1.84. The number of rotatable bonds is 7. The first-order valence-corrected chi connectivity index (χ1v) is 7.29. The van der Waals surface area contributed by atoms with E-state index in [1.54, 1.807) is 0 Å². The Morgan fingerprint density at radius 2 is 2.27 bits per heavy atom. The molecule has 0 spiro atoms. The Morgan fingerprint density at radius 3 is 2.80 bits per heavy atom. The van der Waals surface area contributed by atoms with Crippen LogP contribution in [-0.2, 0) is 4.74 Å². The summed E-state index contributed by atoms with van der Waals surface area (Å²) in [7, 11) is 0. The van der Waals surface area contributed by atoms with Crippen molar-refractivity contribution in [3.63, 3.8) is 0 Å². The van der Waals surface area contributed by atoms with Crippen LogP contribution in [0, 0.1) is 0 Å². The highest BCUT2D eigenvalue weighted by atomic mass is 32.2. The van der Waals surface area contributed by atoms with Crippen LogP contribution >= 0.6 is 11.8 Å². The van der Waals surface area contributed by atoms with Gasteiger partial charge in [0, 0.05) is 23.7 Å². The van der Waals surface area contributed by atoms with E-state index in [0.29, 0.717) is 12.1 Å². The Morgan fingerprint density at radius 1 is 1.47 bits per heavy atom. The molecule has 1 aliphatic heterocycles. The molecule has 1 saturated heterocycles. The van der Waals surface area contributed by atoms with Crippen molar-refractivity contribution in [1.82, 2.24) is 5.32 Å². The van der Waals surface area contributed by atoms with Crippen LogP contribution in [-0.4, -0.2) is 36.3 Å². The molecule has 0 saturated carbocycles. The van der Waals surface area contributed by atoms with E-state index in [2.05, 4.69) is 37.8 Å². The first kappa shape index (κ1) is 13.3. The number of hydrogen-bond donors (Lipinski definition) is 1. The maximum absolute atomic E-state index is 5.57. The Kier molecular flexibility index (Phi) is 6.69. The maximum atomic E-state index is 5.57. The highest BCUT2D eigenvalue weighted by Gasteiger charge is 2.25. The van der Waals surface area contributed by atoms with E-state index in [4.69, 9.17) is 4.74 Å². The van der Waals surface area contributed by atoms with Crippen molar-refractivity contribution in [2.45, 2.75) is 57.4 Å². The van der Waals surface area contributed by atoms with E-state index < -0.39 is 0 Å². The van der Waals surface area contributed by atoms with Crippen LogP contribution in [0.1, 0.15) is 40.0 Å². The summed E-state index contributed by atoms with van der Waals surface area (Å²) < 4.78 is 5.57. The van der Waals surface area contributed by atoms with Gasteiger partial charge < -0.3 is 10.1 Å². The first-order chi connectivity index (χ1) is 7.27. The molecule has 3 atom stereocenters. The van der Waals surface area contributed by atoms with Gasteiger partial charge >= 0.3 is 0 Å². The normalized spacial score (nSPS) is 28.2. The molecule has 15 heavy (non-hydrogen) atoms. The van der Waals surface area contributed by atoms with Crippen LogP contribution in [0.3, 0.4) is 0 Å². The summed E-state index contributed by atoms with van der Waals surface area (Å²) in [5.74, 6) is 1.23. The molecule has 1 aliphatic rings. The molecule has 0 radical (unpaired) electrons. The molecule has 2 nitrogen and oxygen atoms in total. The molecule has 1 rings (SSSR count). The lowest BCUT2D eigenvalue weighted by atomic mass is 10.2. The molecule has 0 bridgehead atoms. The van der Waals surface area contributed by atoms with Gasteiger partial charge in [-0.15, -0.1) is 0 Å². The molecule has 0 aromatic heterocycles. The zero-order valence-corrected chi connectivity index (χ0v) is 11.1. The van der Waals surface area contributed by atoms with Crippen LogP contribution in [0.25, 0.3) is 0 Å². The second kappa shape index (κ2) is 7.53. The summed E-state index contributed by atoms with van der Waals surface area (Å²) in [6.45, 7) is 8.79. The molecule has 3 unspecified atom stereocenters. The molecule has 0 aromatic rings. The Balaban J connectivity index is 2.15. The monoisotopic (exact) mass is 231 g/mol. The third-order valence-corrected chi connectivity index (χ3v) is 4.64. The van der Waals surface area contributed by atoms with Gasteiger partial charge in [0.25, 0.3) is 0 Å². The minimum Gasteiger partial charge on any atom is -0.377 e. The third kappa shape index (κ3) is 4.75. The van der Waals surface area contributed by atoms with Gasteiger partial charge in [0.2, 0.25) is 0 Å². The van der Waals surface area contributed by atoms with Gasteiger partial charge in [0.05, 0.1) is 6.10 Å². The molecule has 1 fully saturated rings. The summed E-state index contributed by atoms with van der Waals surface area (Å²) in [4.78, 5) is 0. The lowest BCUT2D eigenvalue weighted by Crippen LogP contribution is -2.32. The van der Waals surface area contributed by atoms with E-state index in [0.717, 1.165) is 18.4 Å². The van der Waals surface area contributed by atoms with E-state index in [-0.39, 0.29) is 0 Å². The van der Waals surface area contributed by atoms with Crippen molar-refractivity contribution in [2.75, 3.05) is 18.9 Å². The van der Waals surface area contributed by atoms with Crippen LogP contribution in [0.4, 0.5) is 0 Å². The lowest BCUT2D eigenvalue weighted by molar-refractivity contribution is 0.127. The summed E-state index contributed by atoms with van der Waals surface area (Å²) in [5.41, 5.74) is 0. The second-order valence-corrected chi connectivity index (χ2v) is 5.57. The summed E-state index contributed by atoms with van der Waals surface area (Å²) in [5, 5.41) is 4.32. The molecule has 0 aromatic carbocycles. The average Bonchev–Trinajstić information content (AvgIpc) is 2.65. The number of hydrogen-bond acceptors (Lipinski definition) is 3. The van der Waals surface area contributed by atoms with E-state index in [1.165, 1.54) is 25.0 Å². The molecule has 1 heterocycles. The summed E-state index contributed by atoms with van der Waals surface area (Å²) >= 11 is 2.09. The lowest BCUT2D eigenvalue weighted by Gasteiger charge is -2.19. The van der Waals surface area contributed by atoms with Crippen LogP contribution < -0.4 is 5.32 Å². The van der Waals surface area contributed by atoms with Crippen molar-refractivity contribution in [3.8, 4) is 0 Å². The zero-order chi connectivity index (χ0) is 11.1. The Labute approximate surface area is 98.5 Å². The van der Waals surface area contributed by atoms with Crippen molar-refractivity contribution in [1.29, 1.82) is 0 Å². The van der Waals surface area contributed by atoms with Crippen molar-refractivity contribution in [3.05, 3.63) is 0 Å². The molecule has 3 heteroatoms. The second-order valence-electron chi connectivity index (χ2n) is 4.30. The molecule has 1 N–H and O–H groups in total.